The van der Waals surface area contributed by atoms with Crippen molar-refractivity contribution in [3.05, 3.63) is 77.5 Å². The fourth-order valence-electron chi connectivity index (χ4n) is 2.81. The summed E-state index contributed by atoms with van der Waals surface area (Å²) < 4.78 is 1.90. The van der Waals surface area contributed by atoms with Crippen molar-refractivity contribution in [1.82, 2.24) is 9.78 Å². The molecule has 1 unspecified atom stereocenters. The predicted octanol–water partition coefficient (Wildman–Crippen LogP) is 5.56. The van der Waals surface area contributed by atoms with Gasteiger partial charge in [-0.1, -0.05) is 55.8 Å². The zero-order valence-electron chi connectivity index (χ0n) is 16.1. The number of nitrogens with zero attached hydrogens (tertiary/aromatic N) is 2. The highest BCUT2D eigenvalue weighted by molar-refractivity contribution is 7.80. The van der Waals surface area contributed by atoms with Gasteiger partial charge in [0.1, 0.15) is 0 Å². The molecule has 27 heavy (non-hydrogen) atoms. The van der Waals surface area contributed by atoms with E-state index in [9.17, 15) is 0 Å². The van der Waals surface area contributed by atoms with Gasteiger partial charge in [0.25, 0.3) is 0 Å². The normalized spacial score (nSPS) is 11.8. The summed E-state index contributed by atoms with van der Waals surface area (Å²) in [6.07, 6.45) is 3.09. The third kappa shape index (κ3) is 5.41. The van der Waals surface area contributed by atoms with E-state index in [1.807, 2.05) is 16.9 Å². The fourth-order valence-corrected chi connectivity index (χ4v) is 3.03. The van der Waals surface area contributed by atoms with Gasteiger partial charge >= 0.3 is 0 Å². The maximum Gasteiger partial charge on any atom is 0.176 e. The summed E-state index contributed by atoms with van der Waals surface area (Å²) in [4.78, 5) is 0. The maximum atomic E-state index is 5.41. The van der Waals surface area contributed by atoms with Crippen LogP contribution in [0, 0.1) is 6.92 Å². The molecule has 0 aliphatic rings. The van der Waals surface area contributed by atoms with Gasteiger partial charge in [0, 0.05) is 18.0 Å². The molecule has 0 amide bonds. The van der Waals surface area contributed by atoms with Gasteiger partial charge < -0.3 is 10.6 Å². The van der Waals surface area contributed by atoms with Crippen LogP contribution in [-0.4, -0.2) is 14.9 Å². The van der Waals surface area contributed by atoms with Crippen LogP contribution >= 0.6 is 12.2 Å². The summed E-state index contributed by atoms with van der Waals surface area (Å²) in [5.74, 6) is 1.30. The number of hydrogen-bond donors (Lipinski definition) is 2. The first-order valence-electron chi connectivity index (χ1n) is 9.30. The molecule has 0 saturated carbocycles. The predicted molar refractivity (Wildman–Crippen MR) is 117 cm³/mol. The molecule has 0 radical (unpaired) electrons. The van der Waals surface area contributed by atoms with Crippen molar-refractivity contribution in [3.8, 4) is 0 Å². The molecule has 0 saturated heterocycles. The fraction of sp³-hybridized carbons (Fsp3) is 0.273. The Kier molecular flexibility index (Phi) is 6.24. The molecular weight excluding hydrogens is 352 g/mol. The minimum atomic E-state index is 0.534. The number of nitrogens with one attached hydrogen (secondary N) is 2. The molecule has 3 aromatic rings. The summed E-state index contributed by atoms with van der Waals surface area (Å²) in [5, 5.41) is 11.4. The highest BCUT2D eigenvalue weighted by Gasteiger charge is 2.05. The molecule has 2 N–H and O–H groups in total. The van der Waals surface area contributed by atoms with Crippen LogP contribution in [0.15, 0.2) is 60.8 Å². The van der Waals surface area contributed by atoms with Gasteiger partial charge in [-0.25, -0.2) is 0 Å². The standard InChI is InChI=1S/C22H26N4S/c1-4-17(3)19-9-11-20(12-10-19)23-22(27)24-21-13-14-26(25-21)15-18-7-5-16(2)6-8-18/h5-14,17H,4,15H2,1-3H3,(H2,23,24,25,27). The van der Waals surface area contributed by atoms with Gasteiger partial charge in [-0.05, 0) is 54.7 Å². The molecular formula is C22H26N4S. The summed E-state index contributed by atoms with van der Waals surface area (Å²) in [5.41, 5.74) is 4.79. The topological polar surface area (TPSA) is 41.9 Å². The van der Waals surface area contributed by atoms with Crippen molar-refractivity contribution in [2.75, 3.05) is 10.6 Å². The molecule has 4 nitrogen and oxygen atoms in total. The van der Waals surface area contributed by atoms with Gasteiger partial charge in [-0.2, -0.15) is 5.10 Å². The molecule has 140 valence electrons. The van der Waals surface area contributed by atoms with Crippen LogP contribution in [0.25, 0.3) is 0 Å². The lowest BCUT2D eigenvalue weighted by molar-refractivity contribution is 0.690. The lowest BCUT2D eigenvalue weighted by Gasteiger charge is -2.12. The Morgan fingerprint density at radius 2 is 1.74 bits per heavy atom. The second-order valence-corrected chi connectivity index (χ2v) is 7.30. The first-order chi connectivity index (χ1) is 13.0. The molecule has 0 aliphatic heterocycles. The Labute approximate surface area is 166 Å². The SMILES string of the molecule is CCC(C)c1ccc(NC(=S)Nc2ccn(Cc3ccc(C)cc3)n2)cc1. The maximum absolute atomic E-state index is 5.41. The number of hydrogen-bond acceptors (Lipinski definition) is 2. The van der Waals surface area contributed by atoms with Crippen molar-refractivity contribution in [2.24, 2.45) is 0 Å². The van der Waals surface area contributed by atoms with Gasteiger partial charge in [0.15, 0.2) is 10.9 Å². The minimum Gasteiger partial charge on any atom is -0.332 e. The van der Waals surface area contributed by atoms with Crippen molar-refractivity contribution < 1.29 is 0 Å². The van der Waals surface area contributed by atoms with Gasteiger partial charge in [-0.3, -0.25) is 4.68 Å². The smallest absolute Gasteiger partial charge is 0.176 e. The second kappa shape index (κ2) is 8.82. The average molecular weight is 379 g/mol. The summed E-state index contributed by atoms with van der Waals surface area (Å²) >= 11 is 5.41. The molecule has 1 heterocycles. The van der Waals surface area contributed by atoms with E-state index in [0.717, 1.165) is 24.5 Å². The van der Waals surface area contributed by atoms with Crippen LogP contribution in [0.1, 0.15) is 42.9 Å². The number of rotatable bonds is 6. The number of aryl methyl sites for hydroxylation is 1. The Balaban J connectivity index is 1.55. The molecule has 1 atom stereocenters. The summed E-state index contributed by atoms with van der Waals surface area (Å²) in [6.45, 7) is 7.26. The van der Waals surface area contributed by atoms with Crippen molar-refractivity contribution in [1.29, 1.82) is 0 Å². The number of aromatic nitrogens is 2. The van der Waals surface area contributed by atoms with Gasteiger partial charge in [-0.15, -0.1) is 0 Å². The van der Waals surface area contributed by atoms with Crippen LogP contribution < -0.4 is 10.6 Å². The van der Waals surface area contributed by atoms with E-state index >= 15 is 0 Å². The number of thiocarbonyl (C=S) groups is 1. The minimum absolute atomic E-state index is 0.534. The van der Waals surface area contributed by atoms with Crippen LogP contribution in [0.5, 0.6) is 0 Å². The van der Waals surface area contributed by atoms with E-state index in [1.165, 1.54) is 16.7 Å². The van der Waals surface area contributed by atoms with Crippen molar-refractivity contribution in [2.45, 2.75) is 39.7 Å². The summed E-state index contributed by atoms with van der Waals surface area (Å²) in [6, 6.07) is 18.8. The van der Waals surface area contributed by atoms with E-state index in [0.29, 0.717) is 11.0 Å². The third-order valence-electron chi connectivity index (χ3n) is 4.70. The molecule has 0 bridgehead atoms. The first-order valence-corrected chi connectivity index (χ1v) is 9.71. The van der Waals surface area contributed by atoms with E-state index < -0.39 is 0 Å². The number of anilines is 2. The lowest BCUT2D eigenvalue weighted by atomic mass is 9.99. The zero-order chi connectivity index (χ0) is 19.2. The largest absolute Gasteiger partial charge is 0.332 e. The Morgan fingerprint density at radius 1 is 1.04 bits per heavy atom. The Bertz CT molecular complexity index is 881. The highest BCUT2D eigenvalue weighted by Crippen LogP contribution is 2.20. The highest BCUT2D eigenvalue weighted by atomic mass is 32.1. The van der Waals surface area contributed by atoms with E-state index in [1.54, 1.807) is 0 Å². The van der Waals surface area contributed by atoms with Gasteiger partial charge in [0.05, 0.1) is 6.54 Å². The third-order valence-corrected chi connectivity index (χ3v) is 4.90. The molecule has 0 fully saturated rings. The van der Waals surface area contributed by atoms with Crippen LogP contribution in [0.2, 0.25) is 0 Å². The Hall–Kier alpha value is -2.66. The lowest BCUT2D eigenvalue weighted by Crippen LogP contribution is -2.19. The molecule has 1 aromatic heterocycles. The Morgan fingerprint density at radius 3 is 2.41 bits per heavy atom. The van der Waals surface area contributed by atoms with Crippen LogP contribution in [0.3, 0.4) is 0 Å². The molecule has 0 spiro atoms. The van der Waals surface area contributed by atoms with Crippen LogP contribution in [0.4, 0.5) is 11.5 Å². The molecule has 5 heteroatoms. The monoisotopic (exact) mass is 378 g/mol. The van der Waals surface area contributed by atoms with Crippen molar-refractivity contribution in [3.63, 3.8) is 0 Å². The van der Waals surface area contributed by atoms with E-state index in [-0.39, 0.29) is 0 Å². The second-order valence-electron chi connectivity index (χ2n) is 6.89. The zero-order valence-corrected chi connectivity index (χ0v) is 16.9. The van der Waals surface area contributed by atoms with Crippen LogP contribution in [-0.2, 0) is 6.54 Å². The quantitative estimate of drug-likeness (QED) is 0.551. The molecule has 3 rings (SSSR count). The number of benzene rings is 2. The summed E-state index contributed by atoms with van der Waals surface area (Å²) in [7, 11) is 0. The van der Waals surface area contributed by atoms with E-state index in [2.05, 4.69) is 85.0 Å². The average Bonchev–Trinajstić information content (AvgIpc) is 3.10. The van der Waals surface area contributed by atoms with Gasteiger partial charge in [0.2, 0.25) is 0 Å². The van der Waals surface area contributed by atoms with Crippen molar-refractivity contribution >= 4 is 28.8 Å². The van der Waals surface area contributed by atoms with E-state index in [4.69, 9.17) is 12.2 Å². The first kappa shape index (κ1) is 19.1. The molecule has 2 aromatic carbocycles. The molecule has 0 aliphatic carbocycles.